The van der Waals surface area contributed by atoms with Crippen molar-refractivity contribution in [1.29, 1.82) is 5.26 Å². The quantitative estimate of drug-likeness (QED) is 0.631. The van der Waals surface area contributed by atoms with E-state index in [2.05, 4.69) is 5.32 Å². The minimum absolute atomic E-state index is 0.00420. The highest BCUT2D eigenvalue weighted by molar-refractivity contribution is 5.61. The number of nitrogens with zero attached hydrogens (tertiary/aromatic N) is 1. The van der Waals surface area contributed by atoms with Gasteiger partial charge in [0.2, 0.25) is 0 Å². The maximum absolute atomic E-state index is 11.9. The van der Waals surface area contributed by atoms with Crippen LogP contribution in [0.3, 0.4) is 0 Å². The van der Waals surface area contributed by atoms with Crippen LogP contribution >= 0.6 is 0 Å². The van der Waals surface area contributed by atoms with Crippen LogP contribution in [0, 0.1) is 11.3 Å². The van der Waals surface area contributed by atoms with Crippen molar-refractivity contribution in [3.05, 3.63) is 23.8 Å². The van der Waals surface area contributed by atoms with Gasteiger partial charge in [-0.1, -0.05) is 0 Å². The molecule has 0 unspecified atom stereocenters. The molecule has 0 saturated heterocycles. The van der Waals surface area contributed by atoms with Crippen LogP contribution in [0.1, 0.15) is 18.4 Å². The van der Waals surface area contributed by atoms with Gasteiger partial charge in [-0.25, -0.2) is 0 Å². The molecule has 0 amide bonds. The first-order valence-corrected chi connectivity index (χ1v) is 5.02. The summed E-state index contributed by atoms with van der Waals surface area (Å²) >= 11 is 0. The van der Waals surface area contributed by atoms with Gasteiger partial charge in [0, 0.05) is 24.3 Å². The Morgan fingerprint density at radius 1 is 1.35 bits per heavy atom. The second-order valence-electron chi connectivity index (χ2n) is 3.56. The molecule has 0 aliphatic rings. The van der Waals surface area contributed by atoms with Gasteiger partial charge >= 0.3 is 6.18 Å². The molecule has 0 atom stereocenters. The van der Waals surface area contributed by atoms with Crippen molar-refractivity contribution in [2.45, 2.75) is 19.0 Å². The van der Waals surface area contributed by atoms with Crippen molar-refractivity contribution in [1.82, 2.24) is 0 Å². The zero-order chi connectivity index (χ0) is 12.9. The number of benzene rings is 1. The second-order valence-corrected chi connectivity index (χ2v) is 3.56. The smallest absolute Gasteiger partial charge is 0.389 e. The Balaban J connectivity index is 2.45. The van der Waals surface area contributed by atoms with Gasteiger partial charge in [-0.15, -0.1) is 0 Å². The standard InChI is InChI=1S/C11H12F3N3/c12-11(13,14)4-1-5-17-9-2-3-10(16)8(6-9)7-15/h2-3,6,17H,1,4-5,16H2. The molecule has 0 radical (unpaired) electrons. The van der Waals surface area contributed by atoms with Crippen LogP contribution in [0.2, 0.25) is 0 Å². The molecule has 17 heavy (non-hydrogen) atoms. The summed E-state index contributed by atoms with van der Waals surface area (Å²) in [7, 11) is 0. The minimum atomic E-state index is -4.12. The Morgan fingerprint density at radius 3 is 2.65 bits per heavy atom. The van der Waals surface area contributed by atoms with E-state index in [1.807, 2.05) is 6.07 Å². The van der Waals surface area contributed by atoms with E-state index in [1.165, 1.54) is 6.07 Å². The number of nitrogens with one attached hydrogen (secondary N) is 1. The third kappa shape index (κ3) is 4.64. The summed E-state index contributed by atoms with van der Waals surface area (Å²) in [5, 5.41) is 11.5. The van der Waals surface area contributed by atoms with Gasteiger partial charge in [-0.2, -0.15) is 18.4 Å². The molecule has 1 rings (SSSR count). The molecule has 0 aliphatic carbocycles. The van der Waals surface area contributed by atoms with E-state index >= 15 is 0 Å². The Labute approximate surface area is 97.0 Å². The van der Waals surface area contributed by atoms with Crippen molar-refractivity contribution in [3.8, 4) is 6.07 Å². The number of hydrogen-bond acceptors (Lipinski definition) is 3. The van der Waals surface area contributed by atoms with E-state index in [0.29, 0.717) is 16.9 Å². The summed E-state index contributed by atoms with van der Waals surface area (Å²) in [4.78, 5) is 0. The molecule has 1 aromatic rings. The van der Waals surface area contributed by atoms with Crippen molar-refractivity contribution in [2.75, 3.05) is 17.6 Å². The fourth-order valence-electron chi connectivity index (χ4n) is 1.28. The van der Waals surface area contributed by atoms with Crippen molar-refractivity contribution in [3.63, 3.8) is 0 Å². The van der Waals surface area contributed by atoms with Gasteiger partial charge in [0.1, 0.15) is 6.07 Å². The zero-order valence-electron chi connectivity index (χ0n) is 9.01. The minimum Gasteiger partial charge on any atom is -0.398 e. The second kappa shape index (κ2) is 5.43. The first-order valence-electron chi connectivity index (χ1n) is 5.02. The maximum Gasteiger partial charge on any atom is 0.389 e. The summed E-state index contributed by atoms with van der Waals surface area (Å²) in [6.45, 7) is 0.203. The van der Waals surface area contributed by atoms with E-state index in [4.69, 9.17) is 11.0 Å². The zero-order valence-corrected chi connectivity index (χ0v) is 9.01. The highest BCUT2D eigenvalue weighted by Crippen LogP contribution is 2.21. The Kier molecular flexibility index (Phi) is 4.21. The number of rotatable bonds is 4. The lowest BCUT2D eigenvalue weighted by molar-refractivity contribution is -0.134. The number of halogens is 3. The number of nitrogens with two attached hydrogens (primary N) is 1. The number of nitrogen functional groups attached to an aromatic ring is 1. The van der Waals surface area contributed by atoms with Crippen LogP contribution in [-0.2, 0) is 0 Å². The predicted octanol–water partition coefficient (Wildman–Crippen LogP) is 2.89. The number of anilines is 2. The van der Waals surface area contributed by atoms with Crippen molar-refractivity contribution < 1.29 is 13.2 Å². The summed E-state index contributed by atoms with van der Waals surface area (Å²) in [5.74, 6) is 0. The lowest BCUT2D eigenvalue weighted by Gasteiger charge is -2.09. The fourth-order valence-corrected chi connectivity index (χ4v) is 1.28. The average Bonchev–Trinajstić information content (AvgIpc) is 2.25. The molecule has 0 heterocycles. The maximum atomic E-state index is 11.9. The topological polar surface area (TPSA) is 61.8 Å². The summed E-state index contributed by atoms with van der Waals surface area (Å²) < 4.78 is 35.6. The van der Waals surface area contributed by atoms with Crippen LogP contribution in [0.15, 0.2) is 18.2 Å². The van der Waals surface area contributed by atoms with E-state index in [0.717, 1.165) is 0 Å². The van der Waals surface area contributed by atoms with Crippen LogP contribution in [0.4, 0.5) is 24.5 Å². The highest BCUT2D eigenvalue weighted by Gasteiger charge is 2.25. The lowest BCUT2D eigenvalue weighted by atomic mass is 10.1. The number of alkyl halides is 3. The monoisotopic (exact) mass is 243 g/mol. The van der Waals surface area contributed by atoms with E-state index in [1.54, 1.807) is 12.1 Å². The van der Waals surface area contributed by atoms with Gasteiger partial charge in [-0.3, -0.25) is 0 Å². The summed E-state index contributed by atoms with van der Waals surface area (Å²) in [6, 6.07) is 6.60. The van der Waals surface area contributed by atoms with Gasteiger partial charge in [0.05, 0.1) is 5.56 Å². The summed E-state index contributed by atoms with van der Waals surface area (Å²) in [6.07, 6.45) is -4.95. The molecule has 0 saturated carbocycles. The van der Waals surface area contributed by atoms with Crippen molar-refractivity contribution in [2.24, 2.45) is 0 Å². The summed E-state index contributed by atoms with van der Waals surface area (Å²) in [5.41, 5.74) is 6.77. The molecule has 0 spiro atoms. The van der Waals surface area contributed by atoms with Crippen LogP contribution in [0.5, 0.6) is 0 Å². The van der Waals surface area contributed by atoms with Crippen LogP contribution in [0.25, 0.3) is 0 Å². The molecular weight excluding hydrogens is 231 g/mol. The predicted molar refractivity (Wildman–Crippen MR) is 59.3 cm³/mol. The van der Waals surface area contributed by atoms with Gasteiger partial charge in [0.15, 0.2) is 0 Å². The lowest BCUT2D eigenvalue weighted by Crippen LogP contribution is -2.11. The largest absolute Gasteiger partial charge is 0.398 e. The molecule has 3 nitrogen and oxygen atoms in total. The molecule has 92 valence electrons. The molecule has 0 aliphatic heterocycles. The average molecular weight is 243 g/mol. The highest BCUT2D eigenvalue weighted by atomic mass is 19.4. The van der Waals surface area contributed by atoms with E-state index in [-0.39, 0.29) is 13.0 Å². The molecular formula is C11H12F3N3. The Hall–Kier alpha value is -1.90. The number of hydrogen-bond donors (Lipinski definition) is 2. The third-order valence-electron chi connectivity index (χ3n) is 2.14. The van der Waals surface area contributed by atoms with Gasteiger partial charge in [0.25, 0.3) is 0 Å². The number of nitriles is 1. The molecule has 3 N–H and O–H groups in total. The SMILES string of the molecule is N#Cc1cc(NCCCC(F)(F)F)ccc1N. The van der Waals surface area contributed by atoms with E-state index < -0.39 is 12.6 Å². The Bertz CT molecular complexity index is 421. The van der Waals surface area contributed by atoms with E-state index in [9.17, 15) is 13.2 Å². The molecule has 0 bridgehead atoms. The van der Waals surface area contributed by atoms with Crippen molar-refractivity contribution >= 4 is 11.4 Å². The molecule has 0 fully saturated rings. The third-order valence-corrected chi connectivity index (χ3v) is 2.14. The van der Waals surface area contributed by atoms with Gasteiger partial charge in [-0.05, 0) is 24.6 Å². The van der Waals surface area contributed by atoms with Crippen LogP contribution in [-0.4, -0.2) is 12.7 Å². The normalized spacial score (nSPS) is 10.9. The first kappa shape index (κ1) is 13.2. The van der Waals surface area contributed by atoms with Gasteiger partial charge < -0.3 is 11.1 Å². The molecule has 0 aromatic heterocycles. The Morgan fingerprint density at radius 2 is 2.06 bits per heavy atom. The molecule has 1 aromatic carbocycles. The fraction of sp³-hybridized carbons (Fsp3) is 0.364. The first-order chi connectivity index (χ1) is 7.92. The van der Waals surface area contributed by atoms with Crippen LogP contribution < -0.4 is 11.1 Å². The molecule has 6 heteroatoms.